The van der Waals surface area contributed by atoms with Gasteiger partial charge in [0.15, 0.2) is 5.84 Å². The van der Waals surface area contributed by atoms with Crippen LogP contribution in [0.15, 0.2) is 64.4 Å². The summed E-state index contributed by atoms with van der Waals surface area (Å²) in [4.78, 5) is 29.1. The number of hydrogen-bond donors (Lipinski definition) is 2. The first-order valence-electron chi connectivity index (χ1n) is 11.4. The fourth-order valence-electron chi connectivity index (χ4n) is 4.01. The van der Waals surface area contributed by atoms with Gasteiger partial charge in [0.25, 0.3) is 0 Å². The van der Waals surface area contributed by atoms with E-state index >= 15 is 0 Å². The fourth-order valence-corrected chi connectivity index (χ4v) is 4.01. The maximum Gasteiger partial charge on any atom is 0.307 e. The number of ether oxygens (including phenoxy) is 1. The number of pyridine rings is 1. The van der Waals surface area contributed by atoms with Gasteiger partial charge in [0.05, 0.1) is 12.1 Å². The Hall–Kier alpha value is -3.72. The lowest BCUT2D eigenvalue weighted by Gasteiger charge is -2.36. The first kappa shape index (κ1) is 23.4. The number of allylic oxidation sites excluding steroid dienone is 1. The van der Waals surface area contributed by atoms with Gasteiger partial charge in [0, 0.05) is 50.7 Å². The van der Waals surface area contributed by atoms with E-state index in [-0.39, 0.29) is 13.2 Å². The monoisotopic (exact) mass is 462 g/mol. The number of anilines is 2. The lowest BCUT2D eigenvalue weighted by molar-refractivity contribution is -0.136. The van der Waals surface area contributed by atoms with Gasteiger partial charge in [0.2, 0.25) is 0 Å². The fraction of sp³-hybridized carbons (Fsp3) is 0.360. The number of carboxylic acids is 1. The lowest BCUT2D eigenvalue weighted by atomic mass is 10.1. The highest BCUT2D eigenvalue weighted by Crippen LogP contribution is 2.21. The van der Waals surface area contributed by atoms with Gasteiger partial charge in [-0.05, 0) is 36.2 Å². The molecule has 9 nitrogen and oxygen atoms in total. The van der Waals surface area contributed by atoms with Gasteiger partial charge in [-0.1, -0.05) is 25.1 Å². The highest BCUT2D eigenvalue weighted by atomic mass is 16.5. The molecule has 1 fully saturated rings. The van der Waals surface area contributed by atoms with Crippen LogP contribution in [0.25, 0.3) is 0 Å². The highest BCUT2D eigenvalue weighted by molar-refractivity contribution is 6.18. The molecule has 2 aromatic rings. The maximum absolute atomic E-state index is 10.9. The molecule has 2 aliphatic heterocycles. The summed E-state index contributed by atoms with van der Waals surface area (Å²) in [6.45, 7) is 5.82. The summed E-state index contributed by atoms with van der Waals surface area (Å²) in [5.41, 5.74) is 3.73. The number of rotatable bonds is 8. The van der Waals surface area contributed by atoms with E-state index in [2.05, 4.69) is 43.1 Å². The van der Waals surface area contributed by atoms with Gasteiger partial charge < -0.3 is 25.0 Å². The van der Waals surface area contributed by atoms with E-state index in [4.69, 9.17) is 9.84 Å². The molecule has 3 heterocycles. The van der Waals surface area contributed by atoms with Crippen molar-refractivity contribution in [2.75, 3.05) is 49.8 Å². The van der Waals surface area contributed by atoms with E-state index in [1.165, 1.54) is 0 Å². The zero-order chi connectivity index (χ0) is 23.9. The van der Waals surface area contributed by atoms with Gasteiger partial charge in [-0.15, -0.1) is 0 Å². The van der Waals surface area contributed by atoms with Crippen molar-refractivity contribution >= 4 is 29.1 Å². The SMILES string of the molecule is CC/C=C1/NC(c2ccc(N3CCN(c4ccc(CC(=O)O)cc4)CC3)nc2)=N/C1=N/COC. The van der Waals surface area contributed by atoms with Crippen LogP contribution in [0, 0.1) is 0 Å². The molecule has 2 aliphatic rings. The molecule has 0 radical (unpaired) electrons. The quantitative estimate of drug-likeness (QED) is 0.622. The Balaban J connectivity index is 1.37. The molecule has 34 heavy (non-hydrogen) atoms. The Morgan fingerprint density at radius 3 is 2.50 bits per heavy atom. The van der Waals surface area contributed by atoms with Crippen LogP contribution in [0.4, 0.5) is 11.5 Å². The second-order valence-electron chi connectivity index (χ2n) is 8.13. The second-order valence-corrected chi connectivity index (χ2v) is 8.13. The Kier molecular flexibility index (Phi) is 7.54. The largest absolute Gasteiger partial charge is 0.481 e. The van der Waals surface area contributed by atoms with E-state index in [0.717, 1.165) is 66.8 Å². The predicted molar refractivity (Wildman–Crippen MR) is 134 cm³/mol. The molecule has 0 saturated carbocycles. The summed E-state index contributed by atoms with van der Waals surface area (Å²) in [5, 5.41) is 12.3. The maximum atomic E-state index is 10.9. The van der Waals surface area contributed by atoms with Crippen LogP contribution in [-0.2, 0) is 16.0 Å². The number of amidine groups is 2. The Bertz CT molecular complexity index is 1080. The molecule has 1 aromatic carbocycles. The molecule has 1 aromatic heterocycles. The van der Waals surface area contributed by atoms with Crippen LogP contribution < -0.4 is 15.1 Å². The average Bonchev–Trinajstić information content (AvgIpc) is 3.26. The van der Waals surface area contributed by atoms with E-state index in [1.807, 2.05) is 42.6 Å². The van der Waals surface area contributed by atoms with E-state index in [1.54, 1.807) is 7.11 Å². The smallest absolute Gasteiger partial charge is 0.307 e. The molecular formula is C25H30N6O3. The number of aliphatic imine (C=N–C) groups is 2. The molecular weight excluding hydrogens is 432 g/mol. The van der Waals surface area contributed by atoms with E-state index in [0.29, 0.717) is 5.84 Å². The lowest BCUT2D eigenvalue weighted by Crippen LogP contribution is -2.46. The summed E-state index contributed by atoms with van der Waals surface area (Å²) in [6.07, 6.45) is 4.84. The van der Waals surface area contributed by atoms with Crippen molar-refractivity contribution in [3.8, 4) is 0 Å². The van der Waals surface area contributed by atoms with Crippen LogP contribution in [0.2, 0.25) is 0 Å². The summed E-state index contributed by atoms with van der Waals surface area (Å²) < 4.78 is 5.05. The number of piperazine rings is 1. The minimum atomic E-state index is -0.812. The normalized spacial score (nSPS) is 18.4. The first-order chi connectivity index (χ1) is 16.6. The highest BCUT2D eigenvalue weighted by Gasteiger charge is 2.21. The Morgan fingerprint density at radius 1 is 1.15 bits per heavy atom. The summed E-state index contributed by atoms with van der Waals surface area (Å²) in [5.74, 6) is 1.52. The number of nitrogens with zero attached hydrogens (tertiary/aromatic N) is 5. The standard InChI is InChI=1S/C25H30N6O3/c1-3-4-21-25(27-17-34-2)29-24(28-21)19-7-10-22(26-16-19)31-13-11-30(12-14-31)20-8-5-18(6-9-20)15-23(32)33/h4-10,16H,3,11-15,17H2,1-2H3,(H,32,33)(H,27,28,29)/b21-4+. The van der Waals surface area contributed by atoms with Crippen molar-refractivity contribution in [1.82, 2.24) is 10.3 Å². The van der Waals surface area contributed by atoms with Crippen LogP contribution in [0.1, 0.15) is 24.5 Å². The van der Waals surface area contributed by atoms with E-state index in [9.17, 15) is 4.79 Å². The molecule has 4 rings (SSSR count). The number of methoxy groups -OCH3 is 1. The van der Waals surface area contributed by atoms with Crippen molar-refractivity contribution < 1.29 is 14.6 Å². The van der Waals surface area contributed by atoms with Crippen LogP contribution in [0.3, 0.4) is 0 Å². The van der Waals surface area contributed by atoms with Gasteiger partial charge in [-0.2, -0.15) is 0 Å². The third-order valence-corrected chi connectivity index (χ3v) is 5.75. The van der Waals surface area contributed by atoms with Gasteiger partial charge >= 0.3 is 5.97 Å². The summed E-state index contributed by atoms with van der Waals surface area (Å²) in [6, 6.07) is 11.8. The zero-order valence-electron chi connectivity index (χ0n) is 19.6. The van der Waals surface area contributed by atoms with Gasteiger partial charge in [-0.25, -0.2) is 15.0 Å². The third-order valence-electron chi connectivity index (χ3n) is 5.75. The predicted octanol–water partition coefficient (Wildman–Crippen LogP) is 2.68. The minimum Gasteiger partial charge on any atom is -0.481 e. The van der Waals surface area contributed by atoms with Crippen molar-refractivity contribution in [2.24, 2.45) is 9.98 Å². The molecule has 9 heteroatoms. The Labute approximate surface area is 199 Å². The van der Waals surface area contributed by atoms with Gasteiger partial charge in [-0.3, -0.25) is 4.79 Å². The van der Waals surface area contributed by atoms with Crippen molar-refractivity contribution in [1.29, 1.82) is 0 Å². The molecule has 2 N–H and O–H groups in total. The molecule has 0 spiro atoms. The average molecular weight is 463 g/mol. The number of benzene rings is 1. The number of carbonyl (C=O) groups is 1. The number of carboxylic acid groups (broad SMARTS) is 1. The second kappa shape index (κ2) is 10.9. The van der Waals surface area contributed by atoms with Crippen molar-refractivity contribution in [3.05, 3.63) is 65.5 Å². The van der Waals surface area contributed by atoms with Gasteiger partial charge in [0.1, 0.15) is 18.4 Å². The Morgan fingerprint density at radius 2 is 1.88 bits per heavy atom. The van der Waals surface area contributed by atoms with Crippen molar-refractivity contribution in [2.45, 2.75) is 19.8 Å². The molecule has 0 unspecified atom stereocenters. The molecule has 1 saturated heterocycles. The summed E-state index contributed by atoms with van der Waals surface area (Å²) in [7, 11) is 1.61. The summed E-state index contributed by atoms with van der Waals surface area (Å²) >= 11 is 0. The molecule has 0 bridgehead atoms. The minimum absolute atomic E-state index is 0.0507. The number of aliphatic carboxylic acids is 1. The molecule has 178 valence electrons. The number of hydrogen-bond acceptors (Lipinski definition) is 7. The topological polar surface area (TPSA) is 103 Å². The number of nitrogens with one attached hydrogen (secondary N) is 1. The molecule has 0 aliphatic carbocycles. The third kappa shape index (κ3) is 5.60. The van der Waals surface area contributed by atoms with Crippen LogP contribution in [-0.4, -0.2) is 67.8 Å². The van der Waals surface area contributed by atoms with Crippen molar-refractivity contribution in [3.63, 3.8) is 0 Å². The first-order valence-corrected chi connectivity index (χ1v) is 11.4. The van der Waals surface area contributed by atoms with Crippen LogP contribution in [0.5, 0.6) is 0 Å². The van der Waals surface area contributed by atoms with Crippen LogP contribution >= 0.6 is 0 Å². The molecule has 0 atom stereocenters. The van der Waals surface area contributed by atoms with E-state index < -0.39 is 5.97 Å². The zero-order valence-corrected chi connectivity index (χ0v) is 19.6. The number of aromatic nitrogens is 1. The molecule has 0 amide bonds.